The second-order valence-corrected chi connectivity index (χ2v) is 41.6. The molecule has 9 N–H and O–H groups in total. The minimum absolute atomic E-state index is 0.752. The van der Waals surface area contributed by atoms with Crippen LogP contribution in [0.4, 0.5) is 28.4 Å². The fraction of sp³-hybridized carbons (Fsp3) is 0.149. The van der Waals surface area contributed by atoms with Gasteiger partial charge in [-0.15, -0.1) is 0 Å². The molecule has 9 aromatic carbocycles. The first-order chi connectivity index (χ1) is 72.0. The Balaban J connectivity index is 0.685. The molecule has 24 bridgehead atoms. The lowest BCUT2D eigenvalue weighted by molar-refractivity contribution is 1.26. The van der Waals surface area contributed by atoms with Gasteiger partial charge in [0.15, 0.2) is 0 Å². The number of aromatic amines is 6. The van der Waals surface area contributed by atoms with Gasteiger partial charge in [-0.2, -0.15) is 0 Å². The smallest absolute Gasteiger partial charge is 0.0894 e. The van der Waals surface area contributed by atoms with Crippen molar-refractivity contribution in [3.63, 3.8) is 0 Å². The summed E-state index contributed by atoms with van der Waals surface area (Å²) in [6.07, 6.45) is 26.2. The molecule has 149 heavy (non-hydrogen) atoms. The van der Waals surface area contributed by atoms with Crippen LogP contribution in [0.25, 0.3) is 239 Å². The normalized spacial score (nSPS) is 12.4. The van der Waals surface area contributed by atoms with Crippen LogP contribution in [-0.4, -0.2) is 66.9 Å². The van der Waals surface area contributed by atoms with Crippen molar-refractivity contribution < 1.29 is 0 Å². The molecular formula is C134H117N15. The van der Waals surface area contributed by atoms with E-state index in [4.69, 9.17) is 29.9 Å². The molecule has 0 radical (unpaired) electrons. The van der Waals surface area contributed by atoms with E-state index in [9.17, 15) is 0 Å². The van der Waals surface area contributed by atoms with Gasteiger partial charge in [0, 0.05) is 129 Å². The molecule has 15 nitrogen and oxygen atoms in total. The van der Waals surface area contributed by atoms with Gasteiger partial charge in [0.1, 0.15) is 0 Å². The minimum Gasteiger partial charge on any atom is -0.388 e. The molecule has 18 aromatic rings. The predicted octanol–water partition coefficient (Wildman–Crippen LogP) is 35.0. The third-order valence-electron chi connectivity index (χ3n) is 30.4. The van der Waals surface area contributed by atoms with Gasteiger partial charge in [-0.3, -0.25) is 0 Å². The number of nitrogens with one attached hydrogen (secondary N) is 9. The fourth-order valence-corrected chi connectivity index (χ4v) is 24.5. The summed E-state index contributed by atoms with van der Waals surface area (Å²) in [5.41, 5.74) is 66.2. The highest BCUT2D eigenvalue weighted by Crippen LogP contribution is 2.49. The maximum Gasteiger partial charge on any atom is 0.0894 e. The topological polar surface area (TPSA) is 208 Å². The van der Waals surface area contributed by atoms with Crippen LogP contribution in [0.2, 0.25) is 0 Å². The maximum atomic E-state index is 5.91. The Labute approximate surface area is 868 Å². The predicted molar refractivity (Wildman–Crippen MR) is 632 cm³/mol. The molecule has 15 heteroatoms. The lowest BCUT2D eigenvalue weighted by Crippen LogP contribution is -1.97. The molecule has 0 atom stereocenters. The van der Waals surface area contributed by atoms with Crippen LogP contribution in [0, 0.1) is 132 Å². The van der Waals surface area contributed by atoms with Crippen molar-refractivity contribution in [1.29, 1.82) is 0 Å². The molecule has 0 fully saturated rings. The van der Waals surface area contributed by atoms with Crippen LogP contribution in [-0.2, 0) is 0 Å². The highest BCUT2D eigenvalue weighted by Gasteiger charge is 2.29. The van der Waals surface area contributed by atoms with Crippen molar-refractivity contribution in [3.05, 3.63) is 392 Å². The summed E-state index contributed by atoms with van der Waals surface area (Å²) >= 11 is 0. The Morgan fingerprint density at radius 1 is 0.161 bits per heavy atom. The lowest BCUT2D eigenvalue weighted by atomic mass is 9.92. The van der Waals surface area contributed by atoms with Crippen LogP contribution in [0.3, 0.4) is 0 Å². The van der Waals surface area contributed by atoms with Gasteiger partial charge in [-0.1, -0.05) is 143 Å². The van der Waals surface area contributed by atoms with Crippen molar-refractivity contribution in [1.82, 2.24) is 59.8 Å². The van der Waals surface area contributed by atoms with Crippen LogP contribution in [0.1, 0.15) is 174 Å². The first kappa shape index (κ1) is 93.5. The summed E-state index contributed by atoms with van der Waals surface area (Å²) in [4.78, 5) is 58.8. The molecule has 6 aliphatic heterocycles. The average molecular weight is 1940 g/mol. The van der Waals surface area contributed by atoms with Gasteiger partial charge < -0.3 is 45.9 Å². The zero-order valence-electron chi connectivity index (χ0n) is 87.9. The minimum atomic E-state index is 0.752. The van der Waals surface area contributed by atoms with Gasteiger partial charge in [0.2, 0.25) is 0 Å². The number of nitrogens with zero attached hydrogens (tertiary/aromatic N) is 6. The molecular weight excluding hydrogens is 1820 g/mol. The molecule has 24 rings (SSSR count). The quantitative estimate of drug-likeness (QED) is 0.0507. The molecule has 0 saturated heterocycles. The van der Waals surface area contributed by atoms with Crippen molar-refractivity contribution in [3.8, 4) is 100 Å². The third kappa shape index (κ3) is 16.7. The van der Waals surface area contributed by atoms with Crippen LogP contribution < -0.4 is 16.0 Å². The second-order valence-electron chi connectivity index (χ2n) is 41.6. The summed E-state index contributed by atoms with van der Waals surface area (Å²) in [5.74, 6) is 0. The number of benzene rings is 9. The zero-order chi connectivity index (χ0) is 103. The van der Waals surface area contributed by atoms with E-state index in [0.29, 0.717) is 0 Å². The SMILES string of the molecule is CNc1ccc(-c2c3nc(c(-c4c(C)cc(C)cc4C)c4ccc([nH]4)c(Nc4ccc(-c5c6nc(c(-c7c(C)cc(C)cc7C)c7ccc([nH]7)c(Nc7ccc(-c8c9nc(c(-c%10c(C)cc(C)cc%10C)c%10ccc([nH]%10)c(C)c%10nc(c(-c%11c(C)cc(C)cc%11C)c%11ccc8[nH]%11)C=C%10)C=C9)cc7)c7nc(c(-c8c(C)cc(C)cc8C)c8ccc5[nH]8)C=C7)C=C6)cc4)c4nc(c(-c5c(C)cc(C)cc5C)c5ccc2[nH]5)C=C4)C=C3)cc1. The zero-order valence-corrected chi connectivity index (χ0v) is 87.9. The summed E-state index contributed by atoms with van der Waals surface area (Å²) in [6.45, 7) is 41.8. The van der Waals surface area contributed by atoms with E-state index in [0.717, 1.165) is 313 Å². The molecule has 15 heterocycles. The van der Waals surface area contributed by atoms with Crippen molar-refractivity contribution >= 4 is 168 Å². The van der Waals surface area contributed by atoms with E-state index in [2.05, 4.69) is 469 Å². The monoisotopic (exact) mass is 1940 g/mol. The van der Waals surface area contributed by atoms with Crippen LogP contribution in [0.5, 0.6) is 0 Å². The first-order valence-corrected chi connectivity index (χ1v) is 51.5. The van der Waals surface area contributed by atoms with Crippen molar-refractivity contribution in [2.24, 2.45) is 0 Å². The van der Waals surface area contributed by atoms with Gasteiger partial charge in [0.25, 0.3) is 0 Å². The van der Waals surface area contributed by atoms with Gasteiger partial charge in [-0.25, -0.2) is 29.9 Å². The van der Waals surface area contributed by atoms with E-state index in [1.807, 2.05) is 7.05 Å². The Hall–Kier alpha value is -17.8. The molecule has 0 spiro atoms. The van der Waals surface area contributed by atoms with E-state index < -0.39 is 0 Å². The summed E-state index contributed by atoms with van der Waals surface area (Å²) in [7, 11) is 1.96. The van der Waals surface area contributed by atoms with Crippen molar-refractivity contribution in [2.45, 2.75) is 132 Å². The van der Waals surface area contributed by atoms with E-state index in [1.165, 1.54) is 55.6 Å². The largest absolute Gasteiger partial charge is 0.388 e. The average Bonchev–Trinajstić information content (AvgIpc) is 1.61. The van der Waals surface area contributed by atoms with Crippen molar-refractivity contribution in [2.75, 3.05) is 23.0 Å². The number of fused-ring (bicyclic) bond motifs is 24. The molecule has 0 saturated carbocycles. The third-order valence-corrected chi connectivity index (χ3v) is 30.4. The number of aryl methyl sites for hydroxylation is 19. The first-order valence-electron chi connectivity index (χ1n) is 51.5. The van der Waals surface area contributed by atoms with Gasteiger partial charge in [-0.05, 0) is 436 Å². The Kier molecular flexibility index (Phi) is 23.1. The number of anilines is 5. The summed E-state index contributed by atoms with van der Waals surface area (Å²) < 4.78 is 0. The molecule has 9 aromatic heterocycles. The Morgan fingerprint density at radius 2 is 0.329 bits per heavy atom. The summed E-state index contributed by atoms with van der Waals surface area (Å²) in [5, 5.41) is 11.4. The summed E-state index contributed by atoms with van der Waals surface area (Å²) in [6, 6.07) is 80.2. The van der Waals surface area contributed by atoms with Gasteiger partial charge in [0.05, 0.1) is 90.7 Å². The number of H-pyrrole nitrogens is 6. The van der Waals surface area contributed by atoms with E-state index >= 15 is 0 Å². The van der Waals surface area contributed by atoms with E-state index in [1.54, 1.807) is 0 Å². The standard InChI is InChI=1S/C134H117N15/c1-69-57-75(7)118(76(8)58-69)127-102-35-33-94(138-102)87(19)95-34-36-103(139-95)128(119-77(9)59-70(2)60-78(119)10)105-44-38-99(141-105)125(98-37-43-104(127)140-98)89-23-29-92(30-24-89)136-134-116-55-51-112(148-116)131(122-83(15)65-73(5)66-84(122)16)108-47-41-100(144-108)126(101-42-48-109(145-101)132(113-52-56-117(134)149-113)123-85(17)67-74(6)68-86(123)18)90-25-31-93(32-26-90)137-133-114-53-49-110(146-114)129(120-79(11)61-71(3)62-80(120)12)106-45-39-96(142-106)124(88-21-27-91(135-20)28-22-88)97-40-46-107(143-97)130(111-50-54-115(133)147-111)121-81(13)63-72(4)64-82(121)14/h21-68,135-138,141-142,144,147,149H,1-20H3. The number of rotatable bonds is 14. The second kappa shape index (κ2) is 36.7. The molecule has 0 aliphatic carbocycles. The molecule has 0 amide bonds. The molecule has 0 unspecified atom stereocenters. The highest BCUT2D eigenvalue weighted by molar-refractivity contribution is 6.07. The molecule has 728 valence electrons. The van der Waals surface area contributed by atoms with Crippen LogP contribution >= 0.6 is 0 Å². The van der Waals surface area contributed by atoms with Gasteiger partial charge >= 0.3 is 0 Å². The fourth-order valence-electron chi connectivity index (χ4n) is 24.5. The maximum absolute atomic E-state index is 5.91. The van der Waals surface area contributed by atoms with E-state index in [-0.39, 0.29) is 0 Å². The Morgan fingerprint density at radius 3 is 0.564 bits per heavy atom. The van der Waals surface area contributed by atoms with Crippen LogP contribution in [0.15, 0.2) is 218 Å². The number of aromatic nitrogens is 12. The number of hydrogen-bond acceptors (Lipinski definition) is 9. The lowest BCUT2D eigenvalue weighted by Gasteiger charge is -2.14. The molecule has 6 aliphatic rings. The Bertz CT molecular complexity index is 9320. The number of hydrogen-bond donors (Lipinski definition) is 9. The highest BCUT2D eigenvalue weighted by atomic mass is 15.0.